The maximum absolute atomic E-state index is 7.54. The largest absolute Gasteiger partial charge is 0.387 e. The van der Waals surface area contributed by atoms with Gasteiger partial charge in [0.15, 0.2) is 0 Å². The lowest BCUT2D eigenvalue weighted by atomic mass is 9.86. The van der Waals surface area contributed by atoms with Crippen LogP contribution < -0.4 is 5.73 Å². The third-order valence-corrected chi connectivity index (χ3v) is 3.71. The van der Waals surface area contributed by atoms with Gasteiger partial charge in [0.2, 0.25) is 0 Å². The molecule has 0 saturated heterocycles. The fourth-order valence-electron chi connectivity index (χ4n) is 2.17. The maximum atomic E-state index is 7.54. The van der Waals surface area contributed by atoms with E-state index in [1.165, 1.54) is 5.52 Å². The number of aryl methyl sites for hydroxylation is 1. The quantitative estimate of drug-likeness (QED) is 0.475. The minimum Gasteiger partial charge on any atom is -0.387 e. The second kappa shape index (κ2) is 5.43. The molecule has 0 radical (unpaired) electrons. The minimum atomic E-state index is -0.184. The number of aromatic nitrogens is 2. The molecule has 4 heteroatoms. The number of para-hydroxylation sites is 2. The van der Waals surface area contributed by atoms with Gasteiger partial charge < -0.3 is 10.3 Å². The van der Waals surface area contributed by atoms with Gasteiger partial charge in [0, 0.05) is 12.0 Å². The number of benzene rings is 1. The Hall–Kier alpha value is -1.84. The molecule has 4 nitrogen and oxygen atoms in total. The molecule has 19 heavy (non-hydrogen) atoms. The van der Waals surface area contributed by atoms with Crippen molar-refractivity contribution < 1.29 is 0 Å². The van der Waals surface area contributed by atoms with Gasteiger partial charge in [-0.1, -0.05) is 32.4 Å². The van der Waals surface area contributed by atoms with Crippen molar-refractivity contribution in [3.05, 3.63) is 30.6 Å². The summed E-state index contributed by atoms with van der Waals surface area (Å²) in [7, 11) is 0. The topological polar surface area (TPSA) is 67.7 Å². The molecule has 0 bridgehead atoms. The van der Waals surface area contributed by atoms with Crippen molar-refractivity contribution in [1.82, 2.24) is 9.55 Å². The Balaban J connectivity index is 1.88. The molecule has 0 aliphatic carbocycles. The number of hydrogen-bond acceptors (Lipinski definition) is 2. The number of unbranched alkanes of at least 4 members (excludes halogenated alkanes) is 1. The molecule has 1 aromatic heterocycles. The number of nitrogens with two attached hydrogens (primary N) is 1. The number of fused-ring (bicyclic) bond motifs is 1. The van der Waals surface area contributed by atoms with Crippen LogP contribution in [-0.2, 0) is 6.54 Å². The van der Waals surface area contributed by atoms with E-state index in [0.29, 0.717) is 0 Å². The van der Waals surface area contributed by atoms with Crippen molar-refractivity contribution in [3.8, 4) is 0 Å². The number of nitrogens with zero attached hydrogens (tertiary/aromatic N) is 2. The third-order valence-electron chi connectivity index (χ3n) is 3.71. The van der Waals surface area contributed by atoms with Crippen LogP contribution in [-0.4, -0.2) is 15.4 Å². The Kier molecular flexibility index (Phi) is 3.88. The zero-order valence-corrected chi connectivity index (χ0v) is 11.7. The summed E-state index contributed by atoms with van der Waals surface area (Å²) in [5.74, 6) is 0.278. The SMILES string of the molecule is CC(C)(CCCCn1cnc2ccccc21)C(=N)N. The molecular weight excluding hydrogens is 236 g/mol. The Morgan fingerprint density at radius 3 is 2.79 bits per heavy atom. The molecule has 0 atom stereocenters. The van der Waals surface area contributed by atoms with Crippen molar-refractivity contribution in [2.24, 2.45) is 11.1 Å². The van der Waals surface area contributed by atoms with Crippen LogP contribution in [0.15, 0.2) is 30.6 Å². The zero-order valence-electron chi connectivity index (χ0n) is 11.7. The minimum absolute atomic E-state index is 0.184. The second-order valence-corrected chi connectivity index (χ2v) is 5.68. The fourth-order valence-corrected chi connectivity index (χ4v) is 2.17. The smallest absolute Gasteiger partial charge is 0.0963 e. The summed E-state index contributed by atoms with van der Waals surface area (Å²) in [5, 5.41) is 7.54. The maximum Gasteiger partial charge on any atom is 0.0963 e. The fraction of sp³-hybridized carbons (Fsp3) is 0.467. The van der Waals surface area contributed by atoms with Crippen LogP contribution >= 0.6 is 0 Å². The highest BCUT2D eigenvalue weighted by molar-refractivity contribution is 5.82. The standard InChI is InChI=1S/C15H22N4/c1-15(2,14(16)17)9-5-6-10-19-11-18-12-7-3-4-8-13(12)19/h3-4,7-8,11H,5-6,9-10H2,1-2H3,(H3,16,17). The summed E-state index contributed by atoms with van der Waals surface area (Å²) in [6, 6.07) is 8.18. The lowest BCUT2D eigenvalue weighted by molar-refractivity contribution is 0.431. The van der Waals surface area contributed by atoms with Crippen LogP contribution in [0.1, 0.15) is 33.1 Å². The molecule has 2 aromatic rings. The summed E-state index contributed by atoms with van der Waals surface area (Å²) in [5.41, 5.74) is 7.64. The highest BCUT2D eigenvalue weighted by Crippen LogP contribution is 2.23. The van der Waals surface area contributed by atoms with Crippen molar-refractivity contribution >= 4 is 16.9 Å². The normalized spacial score (nSPS) is 11.9. The Morgan fingerprint density at radius 2 is 2.05 bits per heavy atom. The van der Waals surface area contributed by atoms with Gasteiger partial charge in [0.1, 0.15) is 0 Å². The van der Waals surface area contributed by atoms with E-state index in [1.807, 2.05) is 38.4 Å². The van der Waals surface area contributed by atoms with Gasteiger partial charge in [-0.3, -0.25) is 5.41 Å². The summed E-state index contributed by atoms with van der Waals surface area (Å²) in [6.45, 7) is 5.03. The zero-order chi connectivity index (χ0) is 13.9. The van der Waals surface area contributed by atoms with E-state index >= 15 is 0 Å². The first-order valence-corrected chi connectivity index (χ1v) is 6.75. The third kappa shape index (κ3) is 3.13. The Bertz CT molecular complexity index is 568. The Morgan fingerprint density at radius 1 is 1.32 bits per heavy atom. The monoisotopic (exact) mass is 258 g/mol. The molecule has 0 aliphatic heterocycles. The summed E-state index contributed by atoms with van der Waals surface area (Å²) >= 11 is 0. The number of amidine groups is 1. The predicted molar refractivity (Wildman–Crippen MR) is 79.3 cm³/mol. The molecule has 0 fully saturated rings. The average Bonchev–Trinajstić information content (AvgIpc) is 2.78. The molecule has 102 valence electrons. The van der Waals surface area contributed by atoms with Crippen molar-refractivity contribution in [2.75, 3.05) is 0 Å². The van der Waals surface area contributed by atoms with Crippen LogP contribution in [0.2, 0.25) is 0 Å². The first-order valence-electron chi connectivity index (χ1n) is 6.75. The number of rotatable bonds is 6. The molecule has 0 amide bonds. The first kappa shape index (κ1) is 13.6. The average molecular weight is 258 g/mol. The molecular formula is C15H22N4. The van der Waals surface area contributed by atoms with E-state index in [2.05, 4.69) is 15.6 Å². The number of imidazole rings is 1. The predicted octanol–water partition coefficient (Wildman–Crippen LogP) is 3.17. The van der Waals surface area contributed by atoms with Crippen LogP contribution in [0, 0.1) is 10.8 Å². The molecule has 1 aromatic carbocycles. The van der Waals surface area contributed by atoms with Crippen molar-refractivity contribution in [1.29, 1.82) is 5.41 Å². The molecule has 0 unspecified atom stereocenters. The summed E-state index contributed by atoms with van der Waals surface area (Å²) in [6.07, 6.45) is 5.01. The summed E-state index contributed by atoms with van der Waals surface area (Å²) < 4.78 is 2.19. The van der Waals surface area contributed by atoms with Crippen LogP contribution in [0.3, 0.4) is 0 Å². The second-order valence-electron chi connectivity index (χ2n) is 5.68. The van der Waals surface area contributed by atoms with Crippen molar-refractivity contribution in [2.45, 2.75) is 39.7 Å². The molecule has 0 aliphatic rings. The van der Waals surface area contributed by atoms with Crippen LogP contribution in [0.5, 0.6) is 0 Å². The van der Waals surface area contributed by atoms with Gasteiger partial charge in [-0.05, 0) is 25.0 Å². The van der Waals surface area contributed by atoms with Crippen LogP contribution in [0.4, 0.5) is 0 Å². The van der Waals surface area contributed by atoms with Gasteiger partial charge in [0.25, 0.3) is 0 Å². The van der Waals surface area contributed by atoms with E-state index in [-0.39, 0.29) is 11.3 Å². The van der Waals surface area contributed by atoms with Gasteiger partial charge in [-0.25, -0.2) is 4.98 Å². The van der Waals surface area contributed by atoms with E-state index < -0.39 is 0 Å². The highest BCUT2D eigenvalue weighted by atomic mass is 15.0. The first-order chi connectivity index (χ1) is 9.00. The van der Waals surface area contributed by atoms with E-state index in [1.54, 1.807) is 0 Å². The molecule has 0 saturated carbocycles. The van der Waals surface area contributed by atoms with Crippen LogP contribution in [0.25, 0.3) is 11.0 Å². The molecule has 3 N–H and O–H groups in total. The van der Waals surface area contributed by atoms with Gasteiger partial charge in [0.05, 0.1) is 23.2 Å². The Labute approximate surface area is 114 Å². The molecule has 2 rings (SSSR count). The molecule has 0 spiro atoms. The van der Waals surface area contributed by atoms with Gasteiger partial charge in [-0.15, -0.1) is 0 Å². The molecule has 1 heterocycles. The number of hydrogen-bond donors (Lipinski definition) is 2. The van der Waals surface area contributed by atoms with E-state index in [4.69, 9.17) is 11.1 Å². The number of nitrogens with one attached hydrogen (secondary N) is 1. The summed E-state index contributed by atoms with van der Waals surface area (Å²) in [4.78, 5) is 4.38. The van der Waals surface area contributed by atoms with E-state index in [9.17, 15) is 0 Å². The van der Waals surface area contributed by atoms with Gasteiger partial charge >= 0.3 is 0 Å². The lowest BCUT2D eigenvalue weighted by Crippen LogP contribution is -2.30. The lowest BCUT2D eigenvalue weighted by Gasteiger charge is -2.22. The van der Waals surface area contributed by atoms with Crippen molar-refractivity contribution in [3.63, 3.8) is 0 Å². The highest BCUT2D eigenvalue weighted by Gasteiger charge is 2.20. The van der Waals surface area contributed by atoms with Gasteiger partial charge in [-0.2, -0.15) is 0 Å². The van der Waals surface area contributed by atoms with E-state index in [0.717, 1.165) is 31.3 Å².